The first kappa shape index (κ1) is 22.8. The van der Waals surface area contributed by atoms with E-state index in [0.29, 0.717) is 30.7 Å². The van der Waals surface area contributed by atoms with Crippen LogP contribution in [0.1, 0.15) is 75.0 Å². The highest BCUT2D eigenvalue weighted by Gasteiger charge is 2.34. The maximum atomic E-state index is 13.3. The zero-order chi connectivity index (χ0) is 21.9. The number of hydrogen-bond donors (Lipinski definition) is 0. The molecule has 1 aliphatic rings. The van der Waals surface area contributed by atoms with E-state index in [2.05, 4.69) is 13.8 Å². The molecule has 3 rings (SSSR count). The van der Waals surface area contributed by atoms with Gasteiger partial charge in [0.1, 0.15) is 0 Å². The van der Waals surface area contributed by atoms with Gasteiger partial charge in [-0.15, -0.1) is 0 Å². The second kappa shape index (κ2) is 9.07. The SMILES string of the molecule is CC(C)c1ccc(-c2cc(C(F)(F)F)ccc2CCCC2CCC(F)(F)CC2)cc1. The smallest absolute Gasteiger partial charge is 0.207 e. The Morgan fingerprint density at radius 2 is 1.60 bits per heavy atom. The first-order chi connectivity index (χ1) is 14.0. The number of benzene rings is 2. The molecule has 0 atom stereocenters. The van der Waals surface area contributed by atoms with Crippen LogP contribution in [-0.2, 0) is 12.6 Å². The van der Waals surface area contributed by atoms with E-state index in [9.17, 15) is 22.0 Å². The van der Waals surface area contributed by atoms with Crippen molar-refractivity contribution in [3.05, 3.63) is 59.2 Å². The molecule has 164 valence electrons. The minimum atomic E-state index is -4.39. The van der Waals surface area contributed by atoms with Gasteiger partial charge in [-0.1, -0.05) is 50.6 Å². The topological polar surface area (TPSA) is 0 Å². The van der Waals surface area contributed by atoms with Crippen LogP contribution in [0, 0.1) is 5.92 Å². The summed E-state index contributed by atoms with van der Waals surface area (Å²) in [6, 6.07) is 11.7. The van der Waals surface area contributed by atoms with Crippen molar-refractivity contribution in [1.29, 1.82) is 0 Å². The lowest BCUT2D eigenvalue weighted by molar-refractivity contribution is -0.137. The van der Waals surface area contributed by atoms with Crippen LogP contribution in [-0.4, -0.2) is 5.92 Å². The summed E-state index contributed by atoms with van der Waals surface area (Å²) < 4.78 is 66.5. The molecule has 1 fully saturated rings. The predicted octanol–water partition coefficient (Wildman–Crippen LogP) is 8.64. The Hall–Kier alpha value is -1.91. The molecular formula is C25H29F5. The van der Waals surface area contributed by atoms with Gasteiger partial charge in [-0.05, 0) is 71.9 Å². The van der Waals surface area contributed by atoms with Crippen molar-refractivity contribution in [2.24, 2.45) is 5.92 Å². The third-order valence-electron chi connectivity index (χ3n) is 6.22. The van der Waals surface area contributed by atoms with Gasteiger partial charge < -0.3 is 0 Å². The van der Waals surface area contributed by atoms with Crippen molar-refractivity contribution >= 4 is 0 Å². The van der Waals surface area contributed by atoms with Crippen molar-refractivity contribution in [2.75, 3.05) is 0 Å². The summed E-state index contributed by atoms with van der Waals surface area (Å²) in [4.78, 5) is 0. The largest absolute Gasteiger partial charge is 0.416 e. The summed E-state index contributed by atoms with van der Waals surface area (Å²) in [5.74, 6) is -1.89. The zero-order valence-corrected chi connectivity index (χ0v) is 17.5. The fourth-order valence-corrected chi connectivity index (χ4v) is 4.26. The molecule has 2 aromatic rings. The minimum Gasteiger partial charge on any atom is -0.207 e. The average molecular weight is 424 g/mol. The summed E-state index contributed by atoms with van der Waals surface area (Å²) in [6.07, 6.45) is -1.16. The predicted molar refractivity (Wildman–Crippen MR) is 111 cm³/mol. The van der Waals surface area contributed by atoms with E-state index in [1.807, 2.05) is 24.3 Å². The van der Waals surface area contributed by atoms with Gasteiger partial charge in [-0.3, -0.25) is 0 Å². The zero-order valence-electron chi connectivity index (χ0n) is 17.5. The van der Waals surface area contributed by atoms with E-state index in [-0.39, 0.29) is 18.8 Å². The van der Waals surface area contributed by atoms with Crippen molar-refractivity contribution in [3.63, 3.8) is 0 Å². The number of halogens is 5. The van der Waals surface area contributed by atoms with Gasteiger partial charge in [-0.2, -0.15) is 13.2 Å². The highest BCUT2D eigenvalue weighted by atomic mass is 19.4. The molecule has 1 saturated carbocycles. The van der Waals surface area contributed by atoms with E-state index in [0.717, 1.165) is 35.6 Å². The Bertz CT molecular complexity index is 824. The summed E-state index contributed by atoms with van der Waals surface area (Å²) in [6.45, 7) is 4.15. The third-order valence-corrected chi connectivity index (χ3v) is 6.22. The molecule has 0 spiro atoms. The van der Waals surface area contributed by atoms with Crippen LogP contribution < -0.4 is 0 Å². The van der Waals surface area contributed by atoms with Crippen LogP contribution >= 0.6 is 0 Å². The maximum absolute atomic E-state index is 13.3. The molecule has 0 radical (unpaired) electrons. The highest BCUT2D eigenvalue weighted by Crippen LogP contribution is 2.39. The Morgan fingerprint density at radius 3 is 2.17 bits per heavy atom. The van der Waals surface area contributed by atoms with Crippen LogP contribution in [0.15, 0.2) is 42.5 Å². The summed E-state index contributed by atoms with van der Waals surface area (Å²) >= 11 is 0. The molecule has 2 aromatic carbocycles. The summed E-state index contributed by atoms with van der Waals surface area (Å²) in [5.41, 5.74) is 2.75. The lowest BCUT2D eigenvalue weighted by Gasteiger charge is -2.28. The number of hydrogen-bond acceptors (Lipinski definition) is 0. The fraction of sp³-hybridized carbons (Fsp3) is 0.520. The Kier molecular flexibility index (Phi) is 6.88. The summed E-state index contributed by atoms with van der Waals surface area (Å²) in [5, 5.41) is 0. The van der Waals surface area contributed by atoms with Crippen molar-refractivity contribution < 1.29 is 22.0 Å². The van der Waals surface area contributed by atoms with Gasteiger partial charge in [0, 0.05) is 12.8 Å². The molecule has 0 amide bonds. The first-order valence-corrected chi connectivity index (χ1v) is 10.7. The van der Waals surface area contributed by atoms with Crippen LogP contribution in [0.3, 0.4) is 0 Å². The van der Waals surface area contributed by atoms with E-state index < -0.39 is 17.7 Å². The van der Waals surface area contributed by atoms with Gasteiger partial charge >= 0.3 is 6.18 Å². The standard InChI is InChI=1S/C25H29F5/c1-17(2)19-6-8-21(9-7-19)23-16-22(25(28,29)30)11-10-20(23)5-3-4-18-12-14-24(26,27)15-13-18/h6-11,16-18H,3-5,12-15H2,1-2H3. The van der Waals surface area contributed by atoms with Crippen molar-refractivity contribution in [2.45, 2.75) is 76.8 Å². The lowest BCUT2D eigenvalue weighted by atomic mass is 9.83. The van der Waals surface area contributed by atoms with E-state index >= 15 is 0 Å². The van der Waals surface area contributed by atoms with Gasteiger partial charge in [-0.25, -0.2) is 8.78 Å². The van der Waals surface area contributed by atoms with Crippen LogP contribution in [0.4, 0.5) is 22.0 Å². The molecule has 0 N–H and O–H groups in total. The normalized spacial score (nSPS) is 17.5. The van der Waals surface area contributed by atoms with Gasteiger partial charge in [0.05, 0.1) is 5.56 Å². The third kappa shape index (κ3) is 5.83. The second-order valence-electron chi connectivity index (χ2n) is 8.84. The fourth-order valence-electron chi connectivity index (χ4n) is 4.26. The molecule has 0 aliphatic heterocycles. The molecular weight excluding hydrogens is 395 g/mol. The average Bonchev–Trinajstić information content (AvgIpc) is 2.68. The maximum Gasteiger partial charge on any atom is 0.416 e. The highest BCUT2D eigenvalue weighted by molar-refractivity contribution is 5.69. The number of alkyl halides is 5. The molecule has 30 heavy (non-hydrogen) atoms. The Balaban J connectivity index is 1.76. The van der Waals surface area contributed by atoms with Crippen LogP contribution in [0.2, 0.25) is 0 Å². The van der Waals surface area contributed by atoms with E-state index in [1.54, 1.807) is 6.07 Å². The van der Waals surface area contributed by atoms with E-state index in [4.69, 9.17) is 0 Å². The molecule has 5 heteroatoms. The minimum absolute atomic E-state index is 0.0502. The van der Waals surface area contributed by atoms with Gasteiger partial charge in [0.25, 0.3) is 0 Å². The Morgan fingerprint density at radius 1 is 0.967 bits per heavy atom. The van der Waals surface area contributed by atoms with Gasteiger partial charge in [0.2, 0.25) is 5.92 Å². The van der Waals surface area contributed by atoms with Crippen LogP contribution in [0.5, 0.6) is 0 Å². The second-order valence-corrected chi connectivity index (χ2v) is 8.84. The monoisotopic (exact) mass is 424 g/mol. The molecule has 0 saturated heterocycles. The molecule has 0 bridgehead atoms. The Labute approximate surface area is 175 Å². The molecule has 0 nitrogen and oxygen atoms in total. The van der Waals surface area contributed by atoms with Gasteiger partial charge in [0.15, 0.2) is 0 Å². The lowest BCUT2D eigenvalue weighted by Crippen LogP contribution is -2.24. The van der Waals surface area contributed by atoms with E-state index in [1.165, 1.54) is 6.07 Å². The molecule has 0 unspecified atom stereocenters. The molecule has 1 aliphatic carbocycles. The quantitative estimate of drug-likeness (QED) is 0.407. The number of aryl methyl sites for hydroxylation is 1. The van der Waals surface area contributed by atoms with Crippen molar-refractivity contribution in [3.8, 4) is 11.1 Å². The summed E-state index contributed by atoms with van der Waals surface area (Å²) in [7, 11) is 0. The number of rotatable bonds is 6. The molecule has 0 heterocycles. The molecule has 0 aromatic heterocycles. The first-order valence-electron chi connectivity index (χ1n) is 10.7. The van der Waals surface area contributed by atoms with Crippen LogP contribution in [0.25, 0.3) is 11.1 Å². The van der Waals surface area contributed by atoms with Crippen molar-refractivity contribution in [1.82, 2.24) is 0 Å².